The highest BCUT2D eigenvalue weighted by Crippen LogP contribution is 2.23. The SMILES string of the molecule is Cc1cc(=O)[nH]c(C(C)N2CCC(OCC3CCCCO3)CC2)n1. The third-order valence-electron chi connectivity index (χ3n) is 5.10. The average Bonchev–Trinajstić information content (AvgIpc) is 2.60. The van der Waals surface area contributed by atoms with Gasteiger partial charge in [0.15, 0.2) is 0 Å². The van der Waals surface area contributed by atoms with E-state index in [1.165, 1.54) is 18.9 Å². The van der Waals surface area contributed by atoms with Gasteiger partial charge in [-0.05, 0) is 46.0 Å². The number of H-pyrrole nitrogens is 1. The number of ether oxygens (including phenoxy) is 2. The molecule has 0 amide bonds. The van der Waals surface area contributed by atoms with Crippen molar-refractivity contribution in [1.82, 2.24) is 14.9 Å². The maximum absolute atomic E-state index is 11.6. The number of nitrogens with one attached hydrogen (secondary N) is 1. The average molecular weight is 335 g/mol. The van der Waals surface area contributed by atoms with Gasteiger partial charge in [-0.3, -0.25) is 9.69 Å². The fraction of sp³-hybridized carbons (Fsp3) is 0.778. The molecule has 2 aliphatic rings. The first-order valence-electron chi connectivity index (χ1n) is 9.17. The van der Waals surface area contributed by atoms with Crippen molar-refractivity contribution in [2.75, 3.05) is 26.3 Å². The minimum Gasteiger partial charge on any atom is -0.376 e. The van der Waals surface area contributed by atoms with Crippen LogP contribution in [0.2, 0.25) is 0 Å². The highest BCUT2D eigenvalue weighted by molar-refractivity contribution is 5.03. The molecule has 1 aromatic heterocycles. The number of aromatic amines is 1. The lowest BCUT2D eigenvalue weighted by atomic mass is 10.1. The minimum absolute atomic E-state index is 0.0740. The zero-order chi connectivity index (χ0) is 16.9. The van der Waals surface area contributed by atoms with Crippen LogP contribution in [0.25, 0.3) is 0 Å². The van der Waals surface area contributed by atoms with Crippen molar-refractivity contribution < 1.29 is 9.47 Å². The largest absolute Gasteiger partial charge is 0.376 e. The number of rotatable bonds is 5. The quantitative estimate of drug-likeness (QED) is 0.893. The van der Waals surface area contributed by atoms with Crippen LogP contribution >= 0.6 is 0 Å². The number of nitrogens with zero attached hydrogens (tertiary/aromatic N) is 2. The van der Waals surface area contributed by atoms with Crippen molar-refractivity contribution in [2.45, 2.75) is 64.2 Å². The minimum atomic E-state index is -0.0740. The Morgan fingerprint density at radius 1 is 1.38 bits per heavy atom. The van der Waals surface area contributed by atoms with Crippen molar-refractivity contribution in [3.05, 3.63) is 27.9 Å². The predicted octanol–water partition coefficient (Wildman–Crippen LogP) is 2.19. The fourth-order valence-corrected chi connectivity index (χ4v) is 3.59. The van der Waals surface area contributed by atoms with Crippen LogP contribution in [0.3, 0.4) is 0 Å². The second-order valence-corrected chi connectivity index (χ2v) is 7.01. The smallest absolute Gasteiger partial charge is 0.251 e. The monoisotopic (exact) mass is 335 g/mol. The molecule has 1 N–H and O–H groups in total. The molecule has 0 bridgehead atoms. The summed E-state index contributed by atoms with van der Waals surface area (Å²) in [4.78, 5) is 21.4. The maximum Gasteiger partial charge on any atom is 0.251 e. The first-order chi connectivity index (χ1) is 11.6. The Morgan fingerprint density at radius 2 is 2.17 bits per heavy atom. The summed E-state index contributed by atoms with van der Waals surface area (Å²) in [6, 6.07) is 1.66. The molecule has 0 spiro atoms. The van der Waals surface area contributed by atoms with Crippen LogP contribution in [-0.2, 0) is 9.47 Å². The second-order valence-electron chi connectivity index (χ2n) is 7.01. The number of aryl methyl sites for hydroxylation is 1. The number of hydrogen-bond acceptors (Lipinski definition) is 5. The fourth-order valence-electron chi connectivity index (χ4n) is 3.59. The van der Waals surface area contributed by atoms with Gasteiger partial charge in [0.2, 0.25) is 0 Å². The van der Waals surface area contributed by atoms with Crippen molar-refractivity contribution in [1.29, 1.82) is 0 Å². The molecule has 24 heavy (non-hydrogen) atoms. The van der Waals surface area contributed by atoms with Gasteiger partial charge >= 0.3 is 0 Å². The molecule has 0 radical (unpaired) electrons. The summed E-state index contributed by atoms with van der Waals surface area (Å²) < 4.78 is 11.8. The molecule has 3 rings (SSSR count). The Morgan fingerprint density at radius 3 is 2.83 bits per heavy atom. The van der Waals surface area contributed by atoms with Gasteiger partial charge in [0, 0.05) is 31.5 Å². The molecular weight excluding hydrogens is 306 g/mol. The predicted molar refractivity (Wildman–Crippen MR) is 92.1 cm³/mol. The normalized spacial score (nSPS) is 24.8. The van der Waals surface area contributed by atoms with E-state index in [0.29, 0.717) is 6.10 Å². The first-order valence-corrected chi connectivity index (χ1v) is 9.17. The lowest BCUT2D eigenvalue weighted by Gasteiger charge is -2.36. The molecule has 2 atom stereocenters. The Bertz CT molecular complexity index is 575. The topological polar surface area (TPSA) is 67.5 Å². The zero-order valence-electron chi connectivity index (χ0n) is 14.8. The molecule has 6 nitrogen and oxygen atoms in total. The van der Waals surface area contributed by atoms with Crippen LogP contribution in [0.4, 0.5) is 0 Å². The van der Waals surface area contributed by atoms with Gasteiger partial charge in [-0.25, -0.2) is 4.98 Å². The lowest BCUT2D eigenvalue weighted by molar-refractivity contribution is -0.0770. The lowest BCUT2D eigenvalue weighted by Crippen LogP contribution is -2.40. The van der Waals surface area contributed by atoms with Crippen molar-refractivity contribution in [2.24, 2.45) is 0 Å². The van der Waals surface area contributed by atoms with Gasteiger partial charge in [0.25, 0.3) is 5.56 Å². The van der Waals surface area contributed by atoms with Gasteiger partial charge in [-0.1, -0.05) is 0 Å². The van der Waals surface area contributed by atoms with Crippen LogP contribution in [0.15, 0.2) is 10.9 Å². The maximum atomic E-state index is 11.6. The van der Waals surface area contributed by atoms with E-state index in [0.717, 1.165) is 57.1 Å². The Balaban J connectivity index is 1.46. The molecule has 0 saturated carbocycles. The van der Waals surface area contributed by atoms with Crippen LogP contribution in [-0.4, -0.2) is 53.4 Å². The van der Waals surface area contributed by atoms with Gasteiger partial charge in [-0.15, -0.1) is 0 Å². The van der Waals surface area contributed by atoms with E-state index in [2.05, 4.69) is 21.8 Å². The number of piperidine rings is 1. The van der Waals surface area contributed by atoms with Gasteiger partial charge in [0.05, 0.1) is 24.9 Å². The molecule has 134 valence electrons. The summed E-state index contributed by atoms with van der Waals surface area (Å²) in [5, 5.41) is 0. The molecule has 0 aliphatic carbocycles. The molecule has 3 heterocycles. The van der Waals surface area contributed by atoms with Crippen molar-refractivity contribution in [3.8, 4) is 0 Å². The Kier molecular flexibility index (Phi) is 6.03. The van der Waals surface area contributed by atoms with E-state index in [4.69, 9.17) is 9.47 Å². The molecule has 1 aromatic rings. The summed E-state index contributed by atoms with van der Waals surface area (Å²) in [6.07, 6.45) is 6.22. The van der Waals surface area contributed by atoms with Gasteiger partial charge in [-0.2, -0.15) is 0 Å². The highest BCUT2D eigenvalue weighted by Gasteiger charge is 2.26. The number of hydrogen-bond donors (Lipinski definition) is 1. The van der Waals surface area contributed by atoms with E-state index in [1.807, 2.05) is 6.92 Å². The molecule has 2 fully saturated rings. The van der Waals surface area contributed by atoms with Gasteiger partial charge < -0.3 is 14.5 Å². The summed E-state index contributed by atoms with van der Waals surface area (Å²) in [7, 11) is 0. The van der Waals surface area contributed by atoms with E-state index in [9.17, 15) is 4.79 Å². The highest BCUT2D eigenvalue weighted by atomic mass is 16.5. The standard InChI is InChI=1S/C18H29N3O3/c1-13-11-17(22)20-18(19-13)14(2)21-8-6-15(7-9-21)24-12-16-5-3-4-10-23-16/h11,14-16H,3-10,12H2,1-2H3,(H,19,20,22). The molecule has 6 heteroatoms. The van der Waals surface area contributed by atoms with Crippen LogP contribution in [0.5, 0.6) is 0 Å². The first kappa shape index (κ1) is 17.6. The molecule has 2 saturated heterocycles. The molecule has 2 aliphatic heterocycles. The van der Waals surface area contributed by atoms with Crippen LogP contribution < -0.4 is 5.56 Å². The zero-order valence-corrected chi connectivity index (χ0v) is 14.8. The van der Waals surface area contributed by atoms with Crippen LogP contribution in [0.1, 0.15) is 56.6 Å². The third-order valence-corrected chi connectivity index (χ3v) is 5.10. The van der Waals surface area contributed by atoms with Crippen molar-refractivity contribution >= 4 is 0 Å². The Hall–Kier alpha value is -1.24. The Labute approximate surface area is 143 Å². The molecule has 2 unspecified atom stereocenters. The summed E-state index contributed by atoms with van der Waals surface area (Å²) in [6.45, 7) is 7.51. The van der Waals surface area contributed by atoms with E-state index < -0.39 is 0 Å². The second kappa shape index (κ2) is 8.23. The number of aromatic nitrogens is 2. The summed E-state index contributed by atoms with van der Waals surface area (Å²) >= 11 is 0. The molecular formula is C18H29N3O3. The van der Waals surface area contributed by atoms with Crippen LogP contribution in [0, 0.1) is 6.92 Å². The van der Waals surface area contributed by atoms with E-state index >= 15 is 0 Å². The summed E-state index contributed by atoms with van der Waals surface area (Å²) in [5.74, 6) is 0.759. The van der Waals surface area contributed by atoms with E-state index in [-0.39, 0.29) is 17.7 Å². The van der Waals surface area contributed by atoms with E-state index in [1.54, 1.807) is 0 Å². The van der Waals surface area contributed by atoms with Crippen molar-refractivity contribution in [3.63, 3.8) is 0 Å². The summed E-state index contributed by atoms with van der Waals surface area (Å²) in [5.41, 5.74) is 0.696. The molecule has 0 aromatic carbocycles. The number of likely N-dealkylation sites (tertiary alicyclic amines) is 1. The van der Waals surface area contributed by atoms with Gasteiger partial charge in [0.1, 0.15) is 5.82 Å². The third kappa shape index (κ3) is 4.65.